The molecule has 1 aromatic heterocycles. The molecule has 124 valence electrons. The maximum atomic E-state index is 12.4. The van der Waals surface area contributed by atoms with Gasteiger partial charge in [0.2, 0.25) is 0 Å². The number of fused-ring (bicyclic) bond motifs is 1. The van der Waals surface area contributed by atoms with E-state index in [9.17, 15) is 10.1 Å². The van der Waals surface area contributed by atoms with Crippen LogP contribution >= 0.6 is 0 Å². The van der Waals surface area contributed by atoms with E-state index in [1.165, 1.54) is 6.08 Å². The zero-order valence-electron chi connectivity index (χ0n) is 13.7. The molecule has 1 N–H and O–H groups in total. The number of nitriles is 1. The van der Waals surface area contributed by atoms with Gasteiger partial charge >= 0.3 is 0 Å². The molecular weight excluding hydrogens is 316 g/mol. The number of ether oxygens (including phenoxy) is 1. The Morgan fingerprint density at radius 1 is 1.24 bits per heavy atom. The number of carbonyl (C=O) groups is 1. The Bertz CT molecular complexity index is 947. The molecule has 0 saturated carbocycles. The number of rotatable bonds is 5. The van der Waals surface area contributed by atoms with Gasteiger partial charge in [-0.15, -0.1) is 0 Å². The molecule has 1 amide bonds. The number of amides is 1. The molecule has 5 nitrogen and oxygen atoms in total. The van der Waals surface area contributed by atoms with Gasteiger partial charge in [-0.2, -0.15) is 5.26 Å². The molecule has 3 aromatic rings. The predicted molar refractivity (Wildman–Crippen MR) is 96.0 cm³/mol. The van der Waals surface area contributed by atoms with E-state index in [0.29, 0.717) is 29.4 Å². The van der Waals surface area contributed by atoms with E-state index in [2.05, 4.69) is 5.32 Å². The predicted octanol–water partition coefficient (Wildman–Crippen LogP) is 4.38. The van der Waals surface area contributed by atoms with E-state index in [1.807, 2.05) is 43.3 Å². The third-order valence-corrected chi connectivity index (χ3v) is 3.53. The highest BCUT2D eigenvalue weighted by molar-refractivity contribution is 6.10. The van der Waals surface area contributed by atoms with Crippen molar-refractivity contribution in [3.05, 3.63) is 65.9 Å². The van der Waals surface area contributed by atoms with Crippen molar-refractivity contribution in [1.29, 1.82) is 5.26 Å². The van der Waals surface area contributed by atoms with Crippen LogP contribution in [0.2, 0.25) is 0 Å². The van der Waals surface area contributed by atoms with Crippen LogP contribution in [-0.4, -0.2) is 12.5 Å². The molecule has 0 radical (unpaired) electrons. The highest BCUT2D eigenvalue weighted by Crippen LogP contribution is 2.25. The van der Waals surface area contributed by atoms with Crippen LogP contribution in [0.15, 0.2) is 64.6 Å². The summed E-state index contributed by atoms with van der Waals surface area (Å²) >= 11 is 0. The molecule has 0 aliphatic carbocycles. The lowest BCUT2D eigenvalue weighted by molar-refractivity contribution is -0.112. The number of anilines is 1. The second-order valence-corrected chi connectivity index (χ2v) is 5.24. The van der Waals surface area contributed by atoms with Crippen LogP contribution in [0.25, 0.3) is 17.0 Å². The number of nitrogens with zero attached hydrogens (tertiary/aromatic N) is 1. The van der Waals surface area contributed by atoms with Gasteiger partial charge in [0.15, 0.2) is 0 Å². The SMILES string of the molecule is CCOc1ccccc1NC(=O)/C(C#N)=C/c1cc2ccccc2o1. The Balaban J connectivity index is 1.85. The van der Waals surface area contributed by atoms with Crippen molar-refractivity contribution in [2.75, 3.05) is 11.9 Å². The molecular formula is C20H16N2O3. The van der Waals surface area contributed by atoms with Crippen molar-refractivity contribution in [3.8, 4) is 11.8 Å². The Morgan fingerprint density at radius 2 is 2.00 bits per heavy atom. The van der Waals surface area contributed by atoms with E-state index >= 15 is 0 Å². The van der Waals surface area contributed by atoms with Gasteiger partial charge < -0.3 is 14.5 Å². The third kappa shape index (κ3) is 3.70. The van der Waals surface area contributed by atoms with E-state index in [0.717, 1.165) is 5.39 Å². The second-order valence-electron chi connectivity index (χ2n) is 5.24. The zero-order chi connectivity index (χ0) is 17.6. The van der Waals surface area contributed by atoms with E-state index in [4.69, 9.17) is 9.15 Å². The topological polar surface area (TPSA) is 75.3 Å². The normalized spacial score (nSPS) is 11.1. The molecule has 25 heavy (non-hydrogen) atoms. The highest BCUT2D eigenvalue weighted by Gasteiger charge is 2.13. The van der Waals surface area contributed by atoms with Crippen molar-refractivity contribution in [2.24, 2.45) is 0 Å². The summed E-state index contributed by atoms with van der Waals surface area (Å²) in [6.07, 6.45) is 1.43. The molecule has 0 aliphatic rings. The highest BCUT2D eigenvalue weighted by atomic mass is 16.5. The lowest BCUT2D eigenvalue weighted by atomic mass is 10.2. The largest absolute Gasteiger partial charge is 0.492 e. The fourth-order valence-corrected chi connectivity index (χ4v) is 2.41. The van der Waals surface area contributed by atoms with Crippen molar-refractivity contribution < 1.29 is 13.9 Å². The zero-order valence-corrected chi connectivity index (χ0v) is 13.7. The molecule has 3 rings (SSSR count). The van der Waals surface area contributed by atoms with Crippen LogP contribution in [0.3, 0.4) is 0 Å². The maximum Gasteiger partial charge on any atom is 0.266 e. The molecule has 0 bridgehead atoms. The van der Waals surface area contributed by atoms with Crippen LogP contribution in [0.5, 0.6) is 5.75 Å². The molecule has 0 spiro atoms. The molecule has 0 fully saturated rings. The minimum absolute atomic E-state index is 0.0506. The fraction of sp³-hybridized carbons (Fsp3) is 0.100. The lowest BCUT2D eigenvalue weighted by Gasteiger charge is -2.10. The number of carbonyl (C=O) groups excluding carboxylic acids is 1. The summed E-state index contributed by atoms with van der Waals surface area (Å²) in [6.45, 7) is 2.34. The standard InChI is InChI=1S/C20H16N2O3/c1-2-24-19-10-6-4-8-17(19)22-20(23)15(13-21)12-16-11-14-7-3-5-9-18(14)25-16/h3-12H,2H2,1H3,(H,22,23)/b15-12+. The van der Waals surface area contributed by atoms with E-state index in [-0.39, 0.29) is 5.57 Å². The van der Waals surface area contributed by atoms with Crippen molar-refractivity contribution in [1.82, 2.24) is 0 Å². The molecule has 0 saturated heterocycles. The summed E-state index contributed by atoms with van der Waals surface area (Å²) in [5.41, 5.74) is 1.17. The quantitative estimate of drug-likeness (QED) is 0.556. The summed E-state index contributed by atoms with van der Waals surface area (Å²) in [4.78, 5) is 12.4. The molecule has 5 heteroatoms. The van der Waals surface area contributed by atoms with Gasteiger partial charge in [0.1, 0.15) is 28.7 Å². The van der Waals surface area contributed by atoms with Crippen LogP contribution < -0.4 is 10.1 Å². The van der Waals surface area contributed by atoms with Crippen LogP contribution in [0.1, 0.15) is 12.7 Å². The van der Waals surface area contributed by atoms with Gasteiger partial charge in [0, 0.05) is 11.5 Å². The second kappa shape index (κ2) is 7.37. The number of benzene rings is 2. The maximum absolute atomic E-state index is 12.4. The Kier molecular flexibility index (Phi) is 4.82. The van der Waals surface area contributed by atoms with Crippen molar-refractivity contribution in [3.63, 3.8) is 0 Å². The first-order valence-electron chi connectivity index (χ1n) is 7.85. The van der Waals surface area contributed by atoms with Gasteiger partial charge in [-0.3, -0.25) is 4.79 Å². The first-order chi connectivity index (χ1) is 12.2. The molecule has 1 heterocycles. The minimum atomic E-state index is -0.518. The molecule has 2 aromatic carbocycles. The Hall–Kier alpha value is -3.52. The summed E-state index contributed by atoms with van der Waals surface area (Å²) in [5.74, 6) is 0.487. The minimum Gasteiger partial charge on any atom is -0.492 e. The Morgan fingerprint density at radius 3 is 2.76 bits per heavy atom. The lowest BCUT2D eigenvalue weighted by Crippen LogP contribution is -2.14. The van der Waals surface area contributed by atoms with Gasteiger partial charge in [-0.1, -0.05) is 30.3 Å². The summed E-state index contributed by atoms with van der Waals surface area (Å²) in [6, 6.07) is 18.3. The number of para-hydroxylation sites is 3. The van der Waals surface area contributed by atoms with Gasteiger partial charge in [0.05, 0.1) is 12.3 Å². The van der Waals surface area contributed by atoms with Crippen molar-refractivity contribution >= 4 is 28.6 Å². The van der Waals surface area contributed by atoms with Crippen molar-refractivity contribution in [2.45, 2.75) is 6.92 Å². The number of hydrogen-bond donors (Lipinski definition) is 1. The molecule has 0 atom stereocenters. The monoisotopic (exact) mass is 332 g/mol. The van der Waals surface area contributed by atoms with Gasteiger partial charge in [-0.25, -0.2) is 0 Å². The average Bonchev–Trinajstić information content (AvgIpc) is 3.04. The summed E-state index contributed by atoms with van der Waals surface area (Å²) < 4.78 is 11.1. The summed E-state index contributed by atoms with van der Waals surface area (Å²) in [5, 5.41) is 12.9. The van der Waals surface area contributed by atoms with Gasteiger partial charge in [0.25, 0.3) is 5.91 Å². The fourth-order valence-electron chi connectivity index (χ4n) is 2.41. The average molecular weight is 332 g/mol. The van der Waals surface area contributed by atoms with E-state index in [1.54, 1.807) is 24.3 Å². The van der Waals surface area contributed by atoms with Crippen LogP contribution in [-0.2, 0) is 4.79 Å². The number of furan rings is 1. The molecule has 0 aliphatic heterocycles. The van der Waals surface area contributed by atoms with E-state index < -0.39 is 5.91 Å². The Labute approximate surface area is 145 Å². The number of nitrogens with one attached hydrogen (secondary N) is 1. The van der Waals surface area contributed by atoms with Crippen LogP contribution in [0.4, 0.5) is 5.69 Å². The summed E-state index contributed by atoms with van der Waals surface area (Å²) in [7, 11) is 0. The number of hydrogen-bond acceptors (Lipinski definition) is 4. The smallest absolute Gasteiger partial charge is 0.266 e. The third-order valence-electron chi connectivity index (χ3n) is 3.53. The molecule has 0 unspecified atom stereocenters. The van der Waals surface area contributed by atoms with Gasteiger partial charge in [-0.05, 0) is 31.2 Å². The first kappa shape index (κ1) is 16.3. The van der Waals surface area contributed by atoms with Crippen LogP contribution in [0, 0.1) is 11.3 Å². The first-order valence-corrected chi connectivity index (χ1v) is 7.85.